The number of carbonyl (C=O) groups excluding carboxylic acids is 1. The van der Waals surface area contributed by atoms with Gasteiger partial charge in [-0.05, 0) is 43.4 Å². The molecule has 0 aliphatic heterocycles. The van der Waals surface area contributed by atoms with Gasteiger partial charge in [0, 0.05) is 19.8 Å². The van der Waals surface area contributed by atoms with Gasteiger partial charge in [0.15, 0.2) is 5.11 Å². The Morgan fingerprint density at radius 3 is 2.53 bits per heavy atom. The van der Waals surface area contributed by atoms with Gasteiger partial charge in [-0.1, -0.05) is 0 Å². The minimum absolute atomic E-state index is 0.0849. The largest absolute Gasteiger partial charge is 0.494 e. The molecule has 0 unspecified atom stereocenters. The van der Waals surface area contributed by atoms with E-state index in [0.29, 0.717) is 11.7 Å². The summed E-state index contributed by atoms with van der Waals surface area (Å²) in [5.41, 5.74) is 0.859. The lowest BCUT2D eigenvalue weighted by molar-refractivity contribution is -0.120. The van der Waals surface area contributed by atoms with Crippen molar-refractivity contribution in [1.29, 1.82) is 0 Å². The van der Waals surface area contributed by atoms with Crippen LogP contribution in [0.5, 0.6) is 5.75 Å². The zero-order chi connectivity index (χ0) is 14.3. The van der Waals surface area contributed by atoms with Gasteiger partial charge in [-0.15, -0.1) is 0 Å². The normalized spacial score (nSPS) is 9.63. The Kier molecular flexibility index (Phi) is 6.08. The highest BCUT2D eigenvalue weighted by Gasteiger charge is 2.08. The number of thiocarbonyl (C=S) groups is 1. The van der Waals surface area contributed by atoms with E-state index in [-0.39, 0.29) is 12.5 Å². The molecule has 1 amide bonds. The molecular formula is C13H19N3O2S. The topological polar surface area (TPSA) is 53.6 Å². The Balaban J connectivity index is 2.54. The van der Waals surface area contributed by atoms with Crippen molar-refractivity contribution in [3.8, 4) is 5.75 Å². The van der Waals surface area contributed by atoms with E-state index in [1.807, 2.05) is 31.2 Å². The predicted octanol–water partition coefficient (Wildman–Crippen LogP) is 1.46. The smallest absolute Gasteiger partial charge is 0.239 e. The van der Waals surface area contributed by atoms with Crippen molar-refractivity contribution in [2.45, 2.75) is 6.92 Å². The average Bonchev–Trinajstić information content (AvgIpc) is 2.41. The molecule has 1 aromatic rings. The molecule has 0 heterocycles. The molecule has 1 aromatic carbocycles. The molecule has 19 heavy (non-hydrogen) atoms. The van der Waals surface area contributed by atoms with Gasteiger partial charge in [-0.3, -0.25) is 4.79 Å². The Bertz CT molecular complexity index is 434. The molecule has 0 radical (unpaired) electrons. The number of carbonyl (C=O) groups is 1. The third-order valence-corrected chi connectivity index (χ3v) is 2.84. The number of nitrogens with one attached hydrogen (secondary N) is 2. The second kappa shape index (κ2) is 7.58. The van der Waals surface area contributed by atoms with Crippen LogP contribution < -0.4 is 15.4 Å². The van der Waals surface area contributed by atoms with Crippen molar-refractivity contribution in [3.05, 3.63) is 24.3 Å². The summed E-state index contributed by atoms with van der Waals surface area (Å²) in [6, 6.07) is 7.50. The predicted molar refractivity (Wildman–Crippen MR) is 80.5 cm³/mol. The number of rotatable bonds is 5. The molecule has 6 heteroatoms. The first-order valence-electron chi connectivity index (χ1n) is 6.02. The monoisotopic (exact) mass is 281 g/mol. The summed E-state index contributed by atoms with van der Waals surface area (Å²) >= 11 is 5.21. The fourth-order valence-corrected chi connectivity index (χ4v) is 1.57. The molecule has 0 saturated carbocycles. The van der Waals surface area contributed by atoms with Gasteiger partial charge >= 0.3 is 0 Å². The first kappa shape index (κ1) is 15.2. The average molecular weight is 281 g/mol. The number of likely N-dealkylation sites (N-methyl/N-ethyl adjacent to an activating group) is 2. The van der Waals surface area contributed by atoms with Crippen molar-refractivity contribution in [2.24, 2.45) is 0 Å². The molecule has 0 bridgehead atoms. The highest BCUT2D eigenvalue weighted by Crippen LogP contribution is 2.15. The number of ether oxygens (including phenoxy) is 1. The maximum atomic E-state index is 11.2. The van der Waals surface area contributed by atoms with Crippen molar-refractivity contribution < 1.29 is 9.53 Å². The van der Waals surface area contributed by atoms with E-state index in [4.69, 9.17) is 17.0 Å². The first-order chi connectivity index (χ1) is 9.06. The van der Waals surface area contributed by atoms with E-state index in [1.54, 1.807) is 19.0 Å². The molecule has 0 aliphatic carbocycles. The number of anilines is 1. The minimum Gasteiger partial charge on any atom is -0.494 e. The summed E-state index contributed by atoms with van der Waals surface area (Å²) in [7, 11) is 3.36. The fraction of sp³-hybridized carbons (Fsp3) is 0.385. The molecule has 5 nitrogen and oxygen atoms in total. The van der Waals surface area contributed by atoms with Gasteiger partial charge < -0.3 is 20.3 Å². The van der Waals surface area contributed by atoms with Crippen LogP contribution in [0.15, 0.2) is 24.3 Å². The van der Waals surface area contributed by atoms with Crippen LogP contribution in [0.25, 0.3) is 0 Å². The summed E-state index contributed by atoms with van der Waals surface area (Å²) < 4.78 is 5.36. The van der Waals surface area contributed by atoms with Crippen molar-refractivity contribution in [2.75, 3.05) is 32.6 Å². The van der Waals surface area contributed by atoms with Crippen LogP contribution in [0.3, 0.4) is 0 Å². The second-order valence-electron chi connectivity index (χ2n) is 3.92. The summed E-state index contributed by atoms with van der Waals surface area (Å²) in [6.07, 6.45) is 0. The molecule has 0 spiro atoms. The van der Waals surface area contributed by atoms with Crippen LogP contribution in [0.1, 0.15) is 6.92 Å². The van der Waals surface area contributed by atoms with Gasteiger partial charge in [0.1, 0.15) is 5.75 Å². The molecule has 2 N–H and O–H groups in total. The summed E-state index contributed by atoms with van der Waals surface area (Å²) in [4.78, 5) is 12.9. The second-order valence-corrected chi connectivity index (χ2v) is 4.30. The van der Waals surface area contributed by atoms with E-state index >= 15 is 0 Å². The highest BCUT2D eigenvalue weighted by atomic mass is 32.1. The summed E-state index contributed by atoms with van der Waals surface area (Å²) in [6.45, 7) is 2.80. The van der Waals surface area contributed by atoms with Gasteiger partial charge in [0.2, 0.25) is 5.91 Å². The quantitative estimate of drug-likeness (QED) is 0.800. The number of amides is 1. The lowest BCUT2D eigenvalue weighted by Gasteiger charge is -2.20. The van der Waals surface area contributed by atoms with Gasteiger partial charge in [0.05, 0.1) is 13.2 Å². The van der Waals surface area contributed by atoms with Crippen LogP contribution in [0.4, 0.5) is 5.69 Å². The molecule has 0 saturated heterocycles. The SMILES string of the molecule is CCOc1ccc(NC(=S)N(C)CC(=O)NC)cc1. The molecular weight excluding hydrogens is 262 g/mol. The minimum atomic E-state index is -0.0849. The van der Waals surface area contributed by atoms with Crippen LogP contribution in [0.2, 0.25) is 0 Å². The third-order valence-electron chi connectivity index (χ3n) is 2.42. The standard InChI is InChI=1S/C13H19N3O2S/c1-4-18-11-7-5-10(6-8-11)15-13(19)16(3)9-12(17)14-2/h5-8H,4,9H2,1-3H3,(H,14,17)(H,15,19). The Morgan fingerprint density at radius 1 is 1.37 bits per heavy atom. The van der Waals surface area contributed by atoms with Gasteiger partial charge in [-0.25, -0.2) is 0 Å². The third kappa shape index (κ3) is 5.13. The van der Waals surface area contributed by atoms with Crippen LogP contribution in [-0.4, -0.2) is 43.2 Å². The summed E-state index contributed by atoms with van der Waals surface area (Å²) in [5.74, 6) is 0.732. The van der Waals surface area contributed by atoms with Crippen molar-refractivity contribution in [1.82, 2.24) is 10.2 Å². The lowest BCUT2D eigenvalue weighted by Crippen LogP contribution is -2.39. The Hall–Kier alpha value is -1.82. The molecule has 104 valence electrons. The molecule has 0 fully saturated rings. The molecule has 0 aliphatic rings. The first-order valence-corrected chi connectivity index (χ1v) is 6.43. The number of hydrogen-bond donors (Lipinski definition) is 2. The molecule has 1 rings (SSSR count). The van der Waals surface area contributed by atoms with Crippen LogP contribution in [-0.2, 0) is 4.79 Å². The van der Waals surface area contributed by atoms with E-state index < -0.39 is 0 Å². The van der Waals surface area contributed by atoms with E-state index in [1.165, 1.54) is 0 Å². The van der Waals surface area contributed by atoms with Crippen LogP contribution in [0, 0.1) is 0 Å². The van der Waals surface area contributed by atoms with Gasteiger partial charge in [-0.2, -0.15) is 0 Å². The number of benzene rings is 1. The maximum Gasteiger partial charge on any atom is 0.239 e. The Labute approximate surface area is 118 Å². The molecule has 0 atom stereocenters. The zero-order valence-corrected chi connectivity index (χ0v) is 12.2. The maximum absolute atomic E-state index is 11.2. The lowest BCUT2D eigenvalue weighted by atomic mass is 10.3. The van der Waals surface area contributed by atoms with E-state index in [0.717, 1.165) is 11.4 Å². The highest BCUT2D eigenvalue weighted by molar-refractivity contribution is 7.80. The zero-order valence-electron chi connectivity index (χ0n) is 11.4. The van der Waals surface area contributed by atoms with Crippen LogP contribution >= 0.6 is 12.2 Å². The van der Waals surface area contributed by atoms with E-state index in [2.05, 4.69) is 10.6 Å². The summed E-state index contributed by atoms with van der Waals surface area (Å²) in [5, 5.41) is 6.11. The Morgan fingerprint density at radius 2 is 2.00 bits per heavy atom. The number of nitrogens with zero attached hydrogens (tertiary/aromatic N) is 1. The van der Waals surface area contributed by atoms with E-state index in [9.17, 15) is 4.79 Å². The number of hydrogen-bond acceptors (Lipinski definition) is 3. The fourth-order valence-electron chi connectivity index (χ4n) is 1.39. The van der Waals surface area contributed by atoms with Gasteiger partial charge in [0.25, 0.3) is 0 Å². The van der Waals surface area contributed by atoms with Crippen molar-refractivity contribution in [3.63, 3.8) is 0 Å². The molecule has 0 aromatic heterocycles. The van der Waals surface area contributed by atoms with Crippen molar-refractivity contribution >= 4 is 28.9 Å².